The molecule has 0 bridgehead atoms. The summed E-state index contributed by atoms with van der Waals surface area (Å²) in [5.74, 6) is -1.16. The third kappa shape index (κ3) is 6.44. The second-order valence-corrected chi connectivity index (χ2v) is 10.2. The van der Waals surface area contributed by atoms with Gasteiger partial charge in [-0.15, -0.1) is 0 Å². The summed E-state index contributed by atoms with van der Waals surface area (Å²) in [4.78, 5) is 25.2. The van der Waals surface area contributed by atoms with Crippen LogP contribution in [0.4, 0.5) is 4.39 Å². The first-order valence-electron chi connectivity index (χ1n) is 11.3. The van der Waals surface area contributed by atoms with Crippen molar-refractivity contribution < 1.29 is 27.8 Å². The molecule has 2 aromatic carbocycles. The van der Waals surface area contributed by atoms with E-state index in [9.17, 15) is 23.7 Å². The van der Waals surface area contributed by atoms with Gasteiger partial charge < -0.3 is 9.84 Å². The molecule has 1 aliphatic rings. The lowest BCUT2D eigenvalue weighted by molar-refractivity contribution is -0.0442. The van der Waals surface area contributed by atoms with Crippen LogP contribution in [0.15, 0.2) is 70.4 Å². The Balaban J connectivity index is 1.45. The van der Waals surface area contributed by atoms with Crippen LogP contribution in [0.3, 0.4) is 0 Å². The van der Waals surface area contributed by atoms with Gasteiger partial charge in [-0.2, -0.15) is 4.39 Å². The minimum absolute atomic E-state index is 0.0223. The van der Waals surface area contributed by atoms with E-state index in [-0.39, 0.29) is 26.2 Å². The second kappa shape index (κ2) is 11.4. The van der Waals surface area contributed by atoms with E-state index < -0.39 is 43.2 Å². The molecular formula is C24H27FN3O7P. The summed E-state index contributed by atoms with van der Waals surface area (Å²) in [6.45, 7) is 1.81. The van der Waals surface area contributed by atoms with Gasteiger partial charge in [0.2, 0.25) is 5.82 Å². The quantitative estimate of drug-likeness (QED) is 0.349. The summed E-state index contributed by atoms with van der Waals surface area (Å²) in [6.07, 6.45) is -2.47. The maximum absolute atomic E-state index is 13.7. The first-order valence-corrected chi connectivity index (χ1v) is 12.9. The molecule has 2 heterocycles. The molecule has 12 heteroatoms. The van der Waals surface area contributed by atoms with E-state index in [0.717, 1.165) is 27.5 Å². The van der Waals surface area contributed by atoms with E-state index in [1.165, 1.54) is 0 Å². The number of aliphatic hydroxyl groups excluding tert-OH is 1. The summed E-state index contributed by atoms with van der Waals surface area (Å²) in [5.41, 5.74) is 0.628. The van der Waals surface area contributed by atoms with E-state index in [2.05, 4.69) is 5.09 Å². The van der Waals surface area contributed by atoms with Gasteiger partial charge in [-0.05, 0) is 23.6 Å². The molecule has 1 saturated heterocycles. The smallest absolute Gasteiger partial charge is 0.390 e. The van der Waals surface area contributed by atoms with Crippen LogP contribution in [0.2, 0.25) is 0 Å². The predicted octanol–water partition coefficient (Wildman–Crippen LogP) is 2.76. The first kappa shape index (κ1) is 26.2. The summed E-state index contributed by atoms with van der Waals surface area (Å²) in [5, 5.41) is 13.3. The van der Waals surface area contributed by atoms with Gasteiger partial charge in [0.05, 0.1) is 25.5 Å². The topological polar surface area (TPSA) is 132 Å². The Labute approximate surface area is 206 Å². The van der Waals surface area contributed by atoms with Gasteiger partial charge in [0.15, 0.2) is 0 Å². The highest BCUT2D eigenvalue weighted by Crippen LogP contribution is 2.46. The van der Waals surface area contributed by atoms with Crippen molar-refractivity contribution in [2.24, 2.45) is 0 Å². The molecular weight excluding hydrogens is 492 g/mol. The average molecular weight is 519 g/mol. The van der Waals surface area contributed by atoms with E-state index in [1.54, 1.807) is 0 Å². The summed E-state index contributed by atoms with van der Waals surface area (Å²) in [6, 6.07) is 16.8. The molecule has 4 rings (SSSR count). The number of aromatic amines is 1. The molecule has 0 radical (unpaired) electrons. The van der Waals surface area contributed by atoms with E-state index in [4.69, 9.17) is 13.8 Å². The van der Waals surface area contributed by atoms with Crippen molar-refractivity contribution in [1.82, 2.24) is 14.6 Å². The fourth-order valence-electron chi connectivity index (χ4n) is 3.72. The molecule has 192 valence electrons. The number of nitrogens with one attached hydrogen (secondary N) is 2. The number of nitrogens with zero attached hydrogens (tertiary/aromatic N) is 1. The number of aromatic nitrogens is 2. The Bertz CT molecular complexity index is 1350. The van der Waals surface area contributed by atoms with Crippen molar-refractivity contribution >= 4 is 7.75 Å². The molecule has 3 N–H and O–H groups in total. The van der Waals surface area contributed by atoms with E-state index >= 15 is 0 Å². The zero-order valence-electron chi connectivity index (χ0n) is 19.5. The number of ether oxygens (including phenoxy) is 1. The van der Waals surface area contributed by atoms with Gasteiger partial charge in [0.25, 0.3) is 5.56 Å². The predicted molar refractivity (Wildman–Crippen MR) is 129 cm³/mol. The van der Waals surface area contributed by atoms with Gasteiger partial charge in [-0.25, -0.2) is 14.4 Å². The first-order chi connectivity index (χ1) is 17.2. The van der Waals surface area contributed by atoms with Crippen LogP contribution in [-0.4, -0.2) is 33.5 Å². The molecule has 1 fully saturated rings. The third-order valence-corrected chi connectivity index (χ3v) is 7.32. The van der Waals surface area contributed by atoms with Crippen LogP contribution in [0.5, 0.6) is 0 Å². The average Bonchev–Trinajstić information content (AvgIpc) is 3.24. The van der Waals surface area contributed by atoms with Gasteiger partial charge in [-0.1, -0.05) is 54.6 Å². The second-order valence-electron chi connectivity index (χ2n) is 8.39. The lowest BCUT2D eigenvalue weighted by atomic mass is 10.1. The Kier molecular flexibility index (Phi) is 8.30. The standard InChI is InChI=1S/C24H27FN3O7P/c1-16-7-5-6-10-18(16)14-33-36(32,26-12-17-8-3-2-4-9-17)34-15-21-20(29)11-22(35-21)28-13-19(25)23(30)27-24(28)31/h2-10,13,20-22,29H,11-12,14-15H2,1H3,(H,26,32)(H,27,30,31). The SMILES string of the molecule is Cc1ccccc1COP(=O)(NCc1ccccc1)OCC1OC(n2cc(F)c(=O)[nH]c2=O)CC1O. The highest BCUT2D eigenvalue weighted by molar-refractivity contribution is 7.51. The Morgan fingerprint density at radius 3 is 2.64 bits per heavy atom. The molecule has 4 atom stereocenters. The Hall–Kier alpha value is -2.92. The number of H-pyrrole nitrogens is 1. The van der Waals surface area contributed by atoms with Crippen molar-refractivity contribution in [3.63, 3.8) is 0 Å². The van der Waals surface area contributed by atoms with Crippen LogP contribution >= 0.6 is 7.75 Å². The Morgan fingerprint density at radius 1 is 1.17 bits per heavy atom. The van der Waals surface area contributed by atoms with Crippen molar-refractivity contribution in [3.05, 3.63) is 104 Å². The normalized spacial score (nSPS) is 21.4. The molecule has 4 unspecified atom stereocenters. The number of benzene rings is 2. The van der Waals surface area contributed by atoms with Crippen molar-refractivity contribution in [2.45, 2.75) is 44.9 Å². The lowest BCUT2D eigenvalue weighted by Gasteiger charge is -2.23. The Morgan fingerprint density at radius 2 is 1.89 bits per heavy atom. The number of aryl methyl sites for hydroxylation is 1. The molecule has 0 amide bonds. The summed E-state index contributed by atoms with van der Waals surface area (Å²) >= 11 is 0. The lowest BCUT2D eigenvalue weighted by Crippen LogP contribution is -2.34. The number of rotatable bonds is 10. The van der Waals surface area contributed by atoms with E-state index in [0.29, 0.717) is 0 Å². The fraction of sp³-hybridized carbons (Fsp3) is 0.333. The molecule has 0 aliphatic carbocycles. The van der Waals surface area contributed by atoms with E-state index in [1.807, 2.05) is 66.5 Å². The number of hydrogen-bond acceptors (Lipinski definition) is 7. The zero-order chi connectivity index (χ0) is 25.7. The number of halogens is 1. The third-order valence-electron chi connectivity index (χ3n) is 5.82. The van der Waals surface area contributed by atoms with Crippen LogP contribution in [0.25, 0.3) is 0 Å². The maximum atomic E-state index is 13.7. The molecule has 1 aromatic heterocycles. The largest absolute Gasteiger partial charge is 0.406 e. The van der Waals surface area contributed by atoms with Gasteiger partial charge >= 0.3 is 13.4 Å². The van der Waals surface area contributed by atoms with Crippen LogP contribution in [-0.2, 0) is 31.5 Å². The fourth-order valence-corrected chi connectivity index (χ4v) is 5.01. The number of hydrogen-bond donors (Lipinski definition) is 3. The van der Waals surface area contributed by atoms with Crippen molar-refractivity contribution in [1.29, 1.82) is 0 Å². The minimum Gasteiger partial charge on any atom is -0.390 e. The van der Waals surface area contributed by atoms with Gasteiger partial charge in [0, 0.05) is 13.0 Å². The highest BCUT2D eigenvalue weighted by Gasteiger charge is 2.38. The zero-order valence-corrected chi connectivity index (χ0v) is 20.4. The number of aliphatic hydroxyl groups is 1. The van der Waals surface area contributed by atoms with Crippen LogP contribution < -0.4 is 16.3 Å². The minimum atomic E-state index is -3.88. The molecule has 0 saturated carbocycles. The highest BCUT2D eigenvalue weighted by atomic mass is 31.2. The molecule has 0 spiro atoms. The van der Waals surface area contributed by atoms with Gasteiger partial charge in [-0.3, -0.25) is 23.4 Å². The monoisotopic (exact) mass is 519 g/mol. The summed E-state index contributed by atoms with van der Waals surface area (Å²) in [7, 11) is -3.88. The van der Waals surface area contributed by atoms with Crippen LogP contribution in [0.1, 0.15) is 29.3 Å². The van der Waals surface area contributed by atoms with Crippen molar-refractivity contribution in [2.75, 3.05) is 6.61 Å². The van der Waals surface area contributed by atoms with Crippen molar-refractivity contribution in [3.8, 4) is 0 Å². The molecule has 36 heavy (non-hydrogen) atoms. The van der Waals surface area contributed by atoms with Gasteiger partial charge in [0.1, 0.15) is 12.3 Å². The van der Waals surface area contributed by atoms with Crippen LogP contribution in [0, 0.1) is 12.7 Å². The molecule has 10 nitrogen and oxygen atoms in total. The molecule has 1 aliphatic heterocycles. The summed E-state index contributed by atoms with van der Waals surface area (Å²) < 4.78 is 45.1. The maximum Gasteiger partial charge on any atom is 0.406 e. The molecule has 3 aromatic rings.